The van der Waals surface area contributed by atoms with E-state index in [1.54, 1.807) is 24.3 Å². The molecule has 0 bridgehead atoms. The standard InChI is InChI=1S/C16H13N3O2/c17-10-12-6-8-14(9-7-12)19-16(21)15(20)18-11-13-4-2-1-3-5-13/h1-9H,11H2,(H,18,20)(H,19,21). The molecule has 2 rings (SSSR count). The van der Waals surface area contributed by atoms with E-state index in [-0.39, 0.29) is 0 Å². The maximum Gasteiger partial charge on any atom is 0.313 e. The molecule has 0 aliphatic heterocycles. The highest BCUT2D eigenvalue weighted by molar-refractivity contribution is 6.39. The van der Waals surface area contributed by atoms with E-state index < -0.39 is 11.8 Å². The molecular weight excluding hydrogens is 266 g/mol. The number of hydrogen-bond donors (Lipinski definition) is 2. The monoisotopic (exact) mass is 279 g/mol. The van der Waals surface area contributed by atoms with E-state index in [0.29, 0.717) is 17.8 Å². The van der Waals surface area contributed by atoms with Crippen LogP contribution in [0.3, 0.4) is 0 Å². The van der Waals surface area contributed by atoms with Crippen LogP contribution in [0.5, 0.6) is 0 Å². The molecule has 2 amide bonds. The molecule has 0 atom stereocenters. The zero-order chi connectivity index (χ0) is 15.1. The first-order valence-corrected chi connectivity index (χ1v) is 6.32. The Balaban J connectivity index is 1.87. The topological polar surface area (TPSA) is 82.0 Å². The van der Waals surface area contributed by atoms with Gasteiger partial charge in [0.2, 0.25) is 0 Å². The zero-order valence-electron chi connectivity index (χ0n) is 11.2. The van der Waals surface area contributed by atoms with E-state index in [1.807, 2.05) is 36.4 Å². The summed E-state index contributed by atoms with van der Waals surface area (Å²) in [7, 11) is 0. The molecular formula is C16H13N3O2. The number of rotatable bonds is 3. The zero-order valence-corrected chi connectivity index (χ0v) is 11.2. The molecule has 5 heteroatoms. The SMILES string of the molecule is N#Cc1ccc(NC(=O)C(=O)NCc2ccccc2)cc1. The molecule has 2 N–H and O–H groups in total. The Morgan fingerprint density at radius 2 is 1.62 bits per heavy atom. The average molecular weight is 279 g/mol. The third-order valence-corrected chi connectivity index (χ3v) is 2.77. The predicted molar refractivity (Wildman–Crippen MR) is 78.1 cm³/mol. The van der Waals surface area contributed by atoms with Crippen molar-refractivity contribution >= 4 is 17.5 Å². The Labute approximate surface area is 122 Å². The second-order valence-corrected chi connectivity index (χ2v) is 4.31. The van der Waals surface area contributed by atoms with E-state index in [9.17, 15) is 9.59 Å². The van der Waals surface area contributed by atoms with Gasteiger partial charge in [-0.1, -0.05) is 30.3 Å². The van der Waals surface area contributed by atoms with Crippen molar-refractivity contribution in [3.8, 4) is 6.07 Å². The van der Waals surface area contributed by atoms with Crippen LogP contribution in [0.1, 0.15) is 11.1 Å². The highest BCUT2D eigenvalue weighted by Gasteiger charge is 2.13. The van der Waals surface area contributed by atoms with Crippen LogP contribution in [-0.4, -0.2) is 11.8 Å². The van der Waals surface area contributed by atoms with E-state index in [1.165, 1.54) is 0 Å². The molecule has 21 heavy (non-hydrogen) atoms. The molecule has 0 heterocycles. The summed E-state index contributed by atoms with van der Waals surface area (Å²) in [5, 5.41) is 13.7. The summed E-state index contributed by atoms with van der Waals surface area (Å²) in [6, 6.07) is 17.6. The number of carbonyl (C=O) groups is 2. The molecule has 5 nitrogen and oxygen atoms in total. The van der Waals surface area contributed by atoms with Crippen LogP contribution < -0.4 is 10.6 Å². The predicted octanol–water partition coefficient (Wildman–Crippen LogP) is 1.81. The van der Waals surface area contributed by atoms with Crippen LogP contribution in [-0.2, 0) is 16.1 Å². The molecule has 0 saturated heterocycles. The Hall–Kier alpha value is -3.13. The van der Waals surface area contributed by atoms with Crippen molar-refractivity contribution < 1.29 is 9.59 Å². The third kappa shape index (κ3) is 4.18. The molecule has 0 saturated carbocycles. The van der Waals surface area contributed by atoms with Crippen LogP contribution in [0.15, 0.2) is 54.6 Å². The smallest absolute Gasteiger partial charge is 0.313 e. The molecule has 0 fully saturated rings. The van der Waals surface area contributed by atoms with Gasteiger partial charge in [0.25, 0.3) is 0 Å². The summed E-state index contributed by atoms with van der Waals surface area (Å²) in [5.41, 5.74) is 1.87. The fourth-order valence-electron chi connectivity index (χ4n) is 1.67. The fraction of sp³-hybridized carbons (Fsp3) is 0.0625. The number of anilines is 1. The van der Waals surface area contributed by atoms with Crippen LogP contribution in [0.2, 0.25) is 0 Å². The summed E-state index contributed by atoms with van der Waals surface area (Å²) < 4.78 is 0. The Morgan fingerprint density at radius 1 is 0.952 bits per heavy atom. The molecule has 0 aliphatic carbocycles. The lowest BCUT2D eigenvalue weighted by molar-refractivity contribution is -0.136. The van der Waals surface area contributed by atoms with Crippen molar-refractivity contribution in [2.24, 2.45) is 0 Å². The van der Waals surface area contributed by atoms with Crippen molar-refractivity contribution in [2.75, 3.05) is 5.32 Å². The van der Waals surface area contributed by atoms with Gasteiger partial charge in [0.05, 0.1) is 11.6 Å². The molecule has 0 spiro atoms. The quantitative estimate of drug-likeness (QED) is 0.841. The van der Waals surface area contributed by atoms with Gasteiger partial charge in [0.1, 0.15) is 0 Å². The molecule has 0 radical (unpaired) electrons. The number of amides is 2. The Bertz CT molecular complexity index is 673. The maximum absolute atomic E-state index is 11.7. The lowest BCUT2D eigenvalue weighted by Crippen LogP contribution is -2.34. The minimum atomic E-state index is -0.740. The molecule has 2 aromatic carbocycles. The van der Waals surface area contributed by atoms with Crippen LogP contribution in [0, 0.1) is 11.3 Å². The summed E-state index contributed by atoms with van der Waals surface area (Å²) in [6.45, 7) is 0.292. The Morgan fingerprint density at radius 3 is 2.24 bits per heavy atom. The van der Waals surface area contributed by atoms with Gasteiger partial charge >= 0.3 is 11.8 Å². The number of nitriles is 1. The van der Waals surface area contributed by atoms with Gasteiger partial charge in [0, 0.05) is 12.2 Å². The summed E-state index contributed by atoms with van der Waals surface area (Å²) in [6.07, 6.45) is 0. The van der Waals surface area contributed by atoms with E-state index in [2.05, 4.69) is 10.6 Å². The van der Waals surface area contributed by atoms with Gasteiger partial charge in [-0.3, -0.25) is 9.59 Å². The summed E-state index contributed by atoms with van der Waals surface area (Å²) >= 11 is 0. The van der Waals surface area contributed by atoms with Gasteiger partial charge in [-0.25, -0.2) is 0 Å². The first-order chi connectivity index (χ1) is 10.2. The van der Waals surface area contributed by atoms with Gasteiger partial charge in [-0.2, -0.15) is 5.26 Å². The van der Waals surface area contributed by atoms with Crippen LogP contribution in [0.25, 0.3) is 0 Å². The molecule has 104 valence electrons. The third-order valence-electron chi connectivity index (χ3n) is 2.77. The highest BCUT2D eigenvalue weighted by atomic mass is 16.2. The molecule has 0 unspecified atom stereocenters. The van der Waals surface area contributed by atoms with Gasteiger partial charge in [0.15, 0.2) is 0 Å². The van der Waals surface area contributed by atoms with Crippen LogP contribution in [0.4, 0.5) is 5.69 Å². The summed E-state index contributed by atoms with van der Waals surface area (Å²) in [5.74, 6) is -1.45. The molecule has 0 aromatic heterocycles. The largest absolute Gasteiger partial charge is 0.344 e. The van der Waals surface area contributed by atoms with Crippen molar-refractivity contribution in [2.45, 2.75) is 6.54 Å². The van der Waals surface area contributed by atoms with Crippen molar-refractivity contribution in [1.29, 1.82) is 5.26 Å². The van der Waals surface area contributed by atoms with E-state index in [4.69, 9.17) is 5.26 Å². The van der Waals surface area contributed by atoms with Gasteiger partial charge in [-0.05, 0) is 29.8 Å². The number of hydrogen-bond acceptors (Lipinski definition) is 3. The average Bonchev–Trinajstić information content (AvgIpc) is 2.54. The maximum atomic E-state index is 11.7. The first-order valence-electron chi connectivity index (χ1n) is 6.32. The number of carbonyl (C=O) groups excluding carboxylic acids is 2. The van der Waals surface area contributed by atoms with E-state index in [0.717, 1.165) is 5.56 Å². The number of nitrogens with one attached hydrogen (secondary N) is 2. The minimum absolute atomic E-state index is 0.292. The van der Waals surface area contributed by atoms with Crippen molar-refractivity contribution in [3.05, 3.63) is 65.7 Å². The summed E-state index contributed by atoms with van der Waals surface area (Å²) in [4.78, 5) is 23.4. The molecule has 2 aromatic rings. The molecule has 0 aliphatic rings. The normalized spacial score (nSPS) is 9.48. The van der Waals surface area contributed by atoms with Crippen molar-refractivity contribution in [1.82, 2.24) is 5.32 Å². The highest BCUT2D eigenvalue weighted by Crippen LogP contribution is 2.08. The minimum Gasteiger partial charge on any atom is -0.344 e. The lowest BCUT2D eigenvalue weighted by Gasteiger charge is -2.06. The second kappa shape index (κ2) is 6.87. The second-order valence-electron chi connectivity index (χ2n) is 4.31. The number of benzene rings is 2. The number of nitrogens with zero attached hydrogens (tertiary/aromatic N) is 1. The van der Waals surface area contributed by atoms with Crippen molar-refractivity contribution in [3.63, 3.8) is 0 Å². The fourth-order valence-corrected chi connectivity index (χ4v) is 1.67. The van der Waals surface area contributed by atoms with Gasteiger partial charge in [-0.15, -0.1) is 0 Å². The van der Waals surface area contributed by atoms with Gasteiger partial charge < -0.3 is 10.6 Å². The van der Waals surface area contributed by atoms with E-state index >= 15 is 0 Å². The first kappa shape index (κ1) is 14.3. The Kier molecular flexibility index (Phi) is 4.67. The van der Waals surface area contributed by atoms with Crippen LogP contribution >= 0.6 is 0 Å². The lowest BCUT2D eigenvalue weighted by atomic mass is 10.2.